The molecule has 1 amide bonds. The Morgan fingerprint density at radius 3 is 2.50 bits per heavy atom. The monoisotopic (exact) mass is 255 g/mol. The summed E-state index contributed by atoms with van der Waals surface area (Å²) in [4.78, 5) is 14.0. The highest BCUT2D eigenvalue weighted by Gasteiger charge is 2.16. The van der Waals surface area contributed by atoms with Crippen LogP contribution in [0.1, 0.15) is 45.4 Å². The van der Waals surface area contributed by atoms with Gasteiger partial charge in [0, 0.05) is 12.6 Å². The van der Waals surface area contributed by atoms with Crippen molar-refractivity contribution in [3.63, 3.8) is 0 Å². The lowest BCUT2D eigenvalue weighted by molar-refractivity contribution is -0.122. The van der Waals surface area contributed by atoms with E-state index in [0.717, 1.165) is 19.4 Å². The molecule has 0 radical (unpaired) electrons. The Balaban J connectivity index is 2.23. The molecule has 1 atom stereocenters. The number of nitrogens with zero attached hydrogens (tertiary/aromatic N) is 1. The highest BCUT2D eigenvalue weighted by molar-refractivity contribution is 5.78. The lowest BCUT2D eigenvalue weighted by atomic mass is 10.1. The molecule has 1 rings (SSSR count). The zero-order valence-corrected chi connectivity index (χ0v) is 12.0. The zero-order valence-electron chi connectivity index (χ0n) is 12.0. The quantitative estimate of drug-likeness (QED) is 0.704. The van der Waals surface area contributed by atoms with Crippen molar-refractivity contribution in [3.8, 4) is 0 Å². The predicted molar refractivity (Wildman–Crippen MR) is 75.3 cm³/mol. The molecule has 3 N–H and O–H groups in total. The van der Waals surface area contributed by atoms with Crippen molar-refractivity contribution in [2.24, 2.45) is 11.7 Å². The first-order valence-corrected chi connectivity index (χ1v) is 7.29. The molecule has 1 aliphatic rings. The first-order valence-electron chi connectivity index (χ1n) is 7.29. The summed E-state index contributed by atoms with van der Waals surface area (Å²) in [6.45, 7) is 4.16. The molecule has 0 aromatic carbocycles. The van der Waals surface area contributed by atoms with Crippen LogP contribution in [-0.4, -0.2) is 43.5 Å². The van der Waals surface area contributed by atoms with Crippen molar-refractivity contribution < 1.29 is 4.79 Å². The Morgan fingerprint density at radius 2 is 1.94 bits per heavy atom. The smallest absolute Gasteiger partial charge is 0.234 e. The van der Waals surface area contributed by atoms with Crippen molar-refractivity contribution in [3.05, 3.63) is 0 Å². The van der Waals surface area contributed by atoms with Gasteiger partial charge in [-0.15, -0.1) is 0 Å². The van der Waals surface area contributed by atoms with E-state index in [-0.39, 0.29) is 5.91 Å². The van der Waals surface area contributed by atoms with Crippen LogP contribution in [0.25, 0.3) is 0 Å². The Hall–Kier alpha value is -0.610. The molecule has 1 saturated carbocycles. The fraction of sp³-hybridized carbons (Fsp3) is 0.929. The molecule has 4 nitrogen and oxygen atoms in total. The number of likely N-dealkylation sites (N-methyl/N-ethyl adjacent to an activating group) is 1. The Labute approximate surface area is 111 Å². The van der Waals surface area contributed by atoms with Gasteiger partial charge < -0.3 is 11.1 Å². The second kappa shape index (κ2) is 8.48. The van der Waals surface area contributed by atoms with E-state index >= 15 is 0 Å². The normalized spacial score (nSPS) is 19.6. The number of rotatable bonds is 6. The summed E-state index contributed by atoms with van der Waals surface area (Å²) in [6.07, 6.45) is 7.44. The summed E-state index contributed by atoms with van der Waals surface area (Å²) in [5.74, 6) is 0.606. The second-order valence-corrected chi connectivity index (χ2v) is 5.79. The van der Waals surface area contributed by atoms with E-state index in [0.29, 0.717) is 25.0 Å². The summed E-state index contributed by atoms with van der Waals surface area (Å²) in [6, 6.07) is 0.403. The molecule has 4 heteroatoms. The number of carbonyl (C=O) groups excluding carboxylic acids is 1. The average molecular weight is 255 g/mol. The van der Waals surface area contributed by atoms with Crippen LogP contribution in [0.3, 0.4) is 0 Å². The van der Waals surface area contributed by atoms with Crippen LogP contribution in [0, 0.1) is 5.92 Å². The number of hydrogen-bond acceptors (Lipinski definition) is 3. The topological polar surface area (TPSA) is 58.4 Å². The molecule has 18 heavy (non-hydrogen) atoms. The summed E-state index contributed by atoms with van der Waals surface area (Å²) >= 11 is 0. The third kappa shape index (κ3) is 6.36. The van der Waals surface area contributed by atoms with E-state index in [4.69, 9.17) is 5.73 Å². The highest BCUT2D eigenvalue weighted by atomic mass is 16.2. The maximum absolute atomic E-state index is 11.9. The number of carbonyl (C=O) groups is 1. The van der Waals surface area contributed by atoms with Crippen LogP contribution in [0.15, 0.2) is 0 Å². The molecular weight excluding hydrogens is 226 g/mol. The third-order valence-electron chi connectivity index (χ3n) is 3.66. The third-order valence-corrected chi connectivity index (χ3v) is 3.66. The minimum absolute atomic E-state index is 0.161. The van der Waals surface area contributed by atoms with E-state index in [1.54, 1.807) is 0 Å². The van der Waals surface area contributed by atoms with Crippen LogP contribution < -0.4 is 11.1 Å². The van der Waals surface area contributed by atoms with Gasteiger partial charge in [0.05, 0.1) is 6.54 Å². The average Bonchev–Trinajstić information content (AvgIpc) is 2.57. The lowest BCUT2D eigenvalue weighted by Gasteiger charge is -2.22. The summed E-state index contributed by atoms with van der Waals surface area (Å²) in [7, 11) is 1.98. The van der Waals surface area contributed by atoms with E-state index in [1.165, 1.54) is 25.7 Å². The predicted octanol–water partition coefficient (Wildman–Crippen LogP) is 1.35. The molecule has 0 saturated heterocycles. The maximum atomic E-state index is 11.9. The van der Waals surface area contributed by atoms with E-state index in [9.17, 15) is 4.79 Å². The van der Waals surface area contributed by atoms with Gasteiger partial charge >= 0.3 is 0 Å². The van der Waals surface area contributed by atoms with Crippen LogP contribution in [0.2, 0.25) is 0 Å². The van der Waals surface area contributed by atoms with E-state index in [1.807, 2.05) is 7.05 Å². The van der Waals surface area contributed by atoms with Crippen LogP contribution in [0.4, 0.5) is 0 Å². The van der Waals surface area contributed by atoms with E-state index < -0.39 is 0 Å². The largest absolute Gasteiger partial charge is 0.352 e. The molecule has 106 valence electrons. The Kier molecular flexibility index (Phi) is 7.28. The first kappa shape index (κ1) is 15.4. The summed E-state index contributed by atoms with van der Waals surface area (Å²) in [5.41, 5.74) is 5.59. The SMILES string of the molecule is CC(CN)CN(C)CC(=O)NC1CCCCCC1. The standard InChI is InChI=1S/C14H29N3O/c1-12(9-15)10-17(2)11-14(18)16-13-7-5-3-4-6-8-13/h12-13H,3-11,15H2,1-2H3,(H,16,18). The minimum atomic E-state index is 0.161. The summed E-state index contributed by atoms with van der Waals surface area (Å²) < 4.78 is 0. The Morgan fingerprint density at radius 1 is 1.33 bits per heavy atom. The van der Waals surface area contributed by atoms with Crippen molar-refractivity contribution in [2.75, 3.05) is 26.7 Å². The van der Waals surface area contributed by atoms with Crippen molar-refractivity contribution in [2.45, 2.75) is 51.5 Å². The molecule has 0 aromatic rings. The number of hydrogen-bond donors (Lipinski definition) is 2. The van der Waals surface area contributed by atoms with Gasteiger partial charge in [0.15, 0.2) is 0 Å². The first-order chi connectivity index (χ1) is 8.61. The van der Waals surface area contributed by atoms with Gasteiger partial charge in [0.25, 0.3) is 0 Å². The number of nitrogens with one attached hydrogen (secondary N) is 1. The van der Waals surface area contributed by atoms with Gasteiger partial charge in [-0.1, -0.05) is 32.6 Å². The molecule has 0 heterocycles. The van der Waals surface area contributed by atoms with Gasteiger partial charge in [0.1, 0.15) is 0 Å². The van der Waals surface area contributed by atoms with Gasteiger partial charge in [-0.3, -0.25) is 9.69 Å². The molecule has 0 aromatic heterocycles. The number of nitrogens with two attached hydrogens (primary N) is 1. The fourth-order valence-corrected chi connectivity index (χ4v) is 2.61. The van der Waals surface area contributed by atoms with Crippen molar-refractivity contribution in [1.29, 1.82) is 0 Å². The Bertz CT molecular complexity index is 237. The minimum Gasteiger partial charge on any atom is -0.352 e. The van der Waals surface area contributed by atoms with Crippen molar-refractivity contribution >= 4 is 5.91 Å². The molecular formula is C14H29N3O. The number of amides is 1. The van der Waals surface area contributed by atoms with Gasteiger partial charge in [-0.05, 0) is 32.4 Å². The molecule has 1 aliphatic carbocycles. The lowest BCUT2D eigenvalue weighted by Crippen LogP contribution is -2.42. The van der Waals surface area contributed by atoms with Gasteiger partial charge in [-0.2, -0.15) is 0 Å². The molecule has 0 aliphatic heterocycles. The zero-order chi connectivity index (χ0) is 13.4. The molecule has 0 spiro atoms. The fourth-order valence-electron chi connectivity index (χ4n) is 2.61. The van der Waals surface area contributed by atoms with Crippen LogP contribution in [-0.2, 0) is 4.79 Å². The molecule has 1 unspecified atom stereocenters. The molecule has 0 bridgehead atoms. The maximum Gasteiger partial charge on any atom is 0.234 e. The van der Waals surface area contributed by atoms with E-state index in [2.05, 4.69) is 17.1 Å². The summed E-state index contributed by atoms with van der Waals surface area (Å²) in [5, 5.41) is 3.17. The van der Waals surface area contributed by atoms with Crippen LogP contribution in [0.5, 0.6) is 0 Å². The molecule has 1 fully saturated rings. The highest BCUT2D eigenvalue weighted by Crippen LogP contribution is 2.17. The van der Waals surface area contributed by atoms with Gasteiger partial charge in [-0.25, -0.2) is 0 Å². The van der Waals surface area contributed by atoms with Crippen molar-refractivity contribution in [1.82, 2.24) is 10.2 Å². The van der Waals surface area contributed by atoms with Crippen LogP contribution >= 0.6 is 0 Å². The second-order valence-electron chi connectivity index (χ2n) is 5.79. The van der Waals surface area contributed by atoms with Gasteiger partial charge in [0.2, 0.25) is 5.91 Å².